The maximum atomic E-state index is 12.9. The first-order valence-electron chi connectivity index (χ1n) is 8.12. The molecule has 0 aliphatic carbocycles. The molecular weight excluding hydrogens is 300 g/mol. The van der Waals surface area contributed by atoms with Crippen molar-refractivity contribution in [2.45, 2.75) is 0 Å². The second-order valence-electron chi connectivity index (χ2n) is 5.85. The first-order valence-corrected chi connectivity index (χ1v) is 8.12. The maximum Gasteiger partial charge on any atom is 0.273 e. The predicted octanol–water partition coefficient (Wildman–Crippen LogP) is 2.59. The van der Waals surface area contributed by atoms with Gasteiger partial charge < -0.3 is 9.80 Å². The van der Waals surface area contributed by atoms with Crippen molar-refractivity contribution in [1.82, 2.24) is 14.9 Å². The Bertz CT molecular complexity index is 852. The van der Waals surface area contributed by atoms with Gasteiger partial charge in [0, 0.05) is 37.3 Å². The number of amides is 1. The van der Waals surface area contributed by atoms with E-state index in [0.29, 0.717) is 18.8 Å². The summed E-state index contributed by atoms with van der Waals surface area (Å²) in [5.74, 6) is -0.0127. The van der Waals surface area contributed by atoms with Gasteiger partial charge in [-0.15, -0.1) is 0 Å². The van der Waals surface area contributed by atoms with Gasteiger partial charge in [-0.05, 0) is 18.2 Å². The SMILES string of the molecule is O=C(c1ncnc2ccccc12)N1CCN(c2ccccc2)CC1. The van der Waals surface area contributed by atoms with Crippen LogP contribution in [0.15, 0.2) is 60.9 Å². The van der Waals surface area contributed by atoms with E-state index in [0.717, 1.165) is 24.0 Å². The molecule has 1 aliphatic heterocycles. The third-order valence-corrected chi connectivity index (χ3v) is 4.43. The van der Waals surface area contributed by atoms with Crippen LogP contribution < -0.4 is 4.90 Å². The Labute approximate surface area is 140 Å². The third kappa shape index (κ3) is 2.69. The molecule has 0 atom stereocenters. The first-order chi connectivity index (χ1) is 11.8. The quantitative estimate of drug-likeness (QED) is 0.729. The van der Waals surface area contributed by atoms with E-state index < -0.39 is 0 Å². The number of benzene rings is 2. The monoisotopic (exact) mass is 318 g/mol. The van der Waals surface area contributed by atoms with Crippen LogP contribution in [0.25, 0.3) is 10.9 Å². The summed E-state index contributed by atoms with van der Waals surface area (Å²) in [7, 11) is 0. The van der Waals surface area contributed by atoms with Crippen molar-refractivity contribution in [3.8, 4) is 0 Å². The fourth-order valence-corrected chi connectivity index (χ4v) is 3.13. The molecule has 5 nitrogen and oxygen atoms in total. The molecule has 4 rings (SSSR count). The van der Waals surface area contributed by atoms with E-state index in [2.05, 4.69) is 27.0 Å². The van der Waals surface area contributed by atoms with Crippen LogP contribution in [-0.2, 0) is 0 Å². The van der Waals surface area contributed by atoms with Crippen molar-refractivity contribution in [2.24, 2.45) is 0 Å². The van der Waals surface area contributed by atoms with Crippen LogP contribution in [0.4, 0.5) is 5.69 Å². The molecule has 120 valence electrons. The number of carbonyl (C=O) groups is 1. The summed E-state index contributed by atoms with van der Waals surface area (Å²) in [6.07, 6.45) is 1.47. The number of carbonyl (C=O) groups excluding carboxylic acids is 1. The Balaban J connectivity index is 1.52. The fourth-order valence-electron chi connectivity index (χ4n) is 3.13. The number of fused-ring (bicyclic) bond motifs is 1. The normalized spacial score (nSPS) is 14.8. The summed E-state index contributed by atoms with van der Waals surface area (Å²) in [6, 6.07) is 18.0. The van der Waals surface area contributed by atoms with Gasteiger partial charge in [0.15, 0.2) is 0 Å². The topological polar surface area (TPSA) is 49.3 Å². The van der Waals surface area contributed by atoms with Crippen LogP contribution in [0.1, 0.15) is 10.5 Å². The molecule has 1 aliphatic rings. The molecule has 2 heterocycles. The van der Waals surface area contributed by atoms with Gasteiger partial charge in [0.1, 0.15) is 12.0 Å². The van der Waals surface area contributed by atoms with Gasteiger partial charge in [-0.25, -0.2) is 9.97 Å². The van der Waals surface area contributed by atoms with Crippen LogP contribution in [0.2, 0.25) is 0 Å². The highest BCUT2D eigenvalue weighted by Gasteiger charge is 2.24. The van der Waals surface area contributed by atoms with E-state index in [4.69, 9.17) is 0 Å². The second kappa shape index (κ2) is 6.28. The lowest BCUT2D eigenvalue weighted by molar-refractivity contribution is 0.0743. The van der Waals surface area contributed by atoms with Crippen LogP contribution in [0, 0.1) is 0 Å². The van der Waals surface area contributed by atoms with Crippen molar-refractivity contribution >= 4 is 22.5 Å². The molecule has 3 aromatic rings. The van der Waals surface area contributed by atoms with E-state index in [1.165, 1.54) is 12.0 Å². The van der Waals surface area contributed by atoms with Crippen molar-refractivity contribution in [1.29, 1.82) is 0 Å². The van der Waals surface area contributed by atoms with Crippen LogP contribution in [-0.4, -0.2) is 47.0 Å². The average Bonchev–Trinajstić information content (AvgIpc) is 2.68. The minimum atomic E-state index is -0.0127. The maximum absolute atomic E-state index is 12.9. The lowest BCUT2D eigenvalue weighted by atomic mass is 10.1. The Morgan fingerprint density at radius 2 is 1.54 bits per heavy atom. The Morgan fingerprint density at radius 1 is 0.833 bits per heavy atom. The molecule has 1 saturated heterocycles. The molecule has 5 heteroatoms. The van der Waals surface area contributed by atoms with Gasteiger partial charge in [0.25, 0.3) is 5.91 Å². The van der Waals surface area contributed by atoms with E-state index in [1.54, 1.807) is 0 Å². The molecule has 1 amide bonds. The molecule has 24 heavy (non-hydrogen) atoms. The van der Waals surface area contributed by atoms with Crippen LogP contribution >= 0.6 is 0 Å². The van der Waals surface area contributed by atoms with Gasteiger partial charge in [0.05, 0.1) is 5.52 Å². The van der Waals surface area contributed by atoms with Gasteiger partial charge in [0.2, 0.25) is 0 Å². The predicted molar refractivity (Wildman–Crippen MR) is 94.1 cm³/mol. The lowest BCUT2D eigenvalue weighted by Crippen LogP contribution is -2.49. The molecule has 0 bridgehead atoms. The summed E-state index contributed by atoms with van der Waals surface area (Å²) in [5.41, 5.74) is 2.50. The zero-order valence-electron chi connectivity index (χ0n) is 13.3. The first kappa shape index (κ1) is 14.6. The molecule has 0 radical (unpaired) electrons. The number of anilines is 1. The molecule has 1 aromatic heterocycles. The second-order valence-corrected chi connectivity index (χ2v) is 5.85. The molecule has 0 unspecified atom stereocenters. The van der Waals surface area contributed by atoms with Crippen LogP contribution in [0.5, 0.6) is 0 Å². The highest BCUT2D eigenvalue weighted by Crippen LogP contribution is 2.19. The van der Waals surface area contributed by atoms with E-state index in [-0.39, 0.29) is 5.91 Å². The van der Waals surface area contributed by atoms with E-state index in [9.17, 15) is 4.79 Å². The van der Waals surface area contributed by atoms with Gasteiger partial charge in [-0.1, -0.05) is 36.4 Å². The molecule has 0 saturated carbocycles. The van der Waals surface area contributed by atoms with Gasteiger partial charge in [-0.3, -0.25) is 4.79 Å². The fraction of sp³-hybridized carbons (Fsp3) is 0.211. The van der Waals surface area contributed by atoms with Crippen molar-refractivity contribution in [2.75, 3.05) is 31.1 Å². The number of nitrogens with zero attached hydrogens (tertiary/aromatic N) is 4. The Hall–Kier alpha value is -2.95. The number of hydrogen-bond acceptors (Lipinski definition) is 4. The summed E-state index contributed by atoms with van der Waals surface area (Å²) in [5, 5.41) is 0.815. The molecule has 2 aromatic carbocycles. The van der Waals surface area contributed by atoms with E-state index >= 15 is 0 Å². The highest BCUT2D eigenvalue weighted by molar-refractivity contribution is 6.04. The molecule has 0 spiro atoms. The highest BCUT2D eigenvalue weighted by atomic mass is 16.2. The lowest BCUT2D eigenvalue weighted by Gasteiger charge is -2.36. The smallest absolute Gasteiger partial charge is 0.273 e. The van der Waals surface area contributed by atoms with Gasteiger partial charge >= 0.3 is 0 Å². The summed E-state index contributed by atoms with van der Waals surface area (Å²) < 4.78 is 0. The number of piperazine rings is 1. The summed E-state index contributed by atoms with van der Waals surface area (Å²) in [4.78, 5) is 25.5. The van der Waals surface area contributed by atoms with Crippen LogP contribution in [0.3, 0.4) is 0 Å². The Kier molecular flexibility index (Phi) is 3.83. The number of aromatic nitrogens is 2. The zero-order chi connectivity index (χ0) is 16.4. The van der Waals surface area contributed by atoms with Crippen molar-refractivity contribution in [3.05, 3.63) is 66.6 Å². The molecule has 0 N–H and O–H groups in total. The zero-order valence-corrected chi connectivity index (χ0v) is 13.3. The number of para-hydroxylation sites is 2. The molecular formula is C19H18N4O. The number of hydrogen-bond donors (Lipinski definition) is 0. The molecule has 1 fully saturated rings. The summed E-state index contributed by atoms with van der Waals surface area (Å²) >= 11 is 0. The van der Waals surface area contributed by atoms with E-state index in [1.807, 2.05) is 47.4 Å². The minimum Gasteiger partial charge on any atom is -0.368 e. The minimum absolute atomic E-state index is 0.0127. The average molecular weight is 318 g/mol. The number of rotatable bonds is 2. The Morgan fingerprint density at radius 3 is 2.33 bits per heavy atom. The standard InChI is InChI=1S/C19H18N4O/c24-19(18-16-8-4-5-9-17(16)20-14-21-18)23-12-10-22(11-13-23)15-6-2-1-3-7-15/h1-9,14H,10-13H2. The third-order valence-electron chi connectivity index (χ3n) is 4.43. The van der Waals surface area contributed by atoms with Crippen molar-refractivity contribution in [3.63, 3.8) is 0 Å². The largest absolute Gasteiger partial charge is 0.368 e. The van der Waals surface area contributed by atoms with Gasteiger partial charge in [-0.2, -0.15) is 0 Å². The summed E-state index contributed by atoms with van der Waals surface area (Å²) in [6.45, 7) is 3.07. The van der Waals surface area contributed by atoms with Crippen molar-refractivity contribution < 1.29 is 4.79 Å².